The van der Waals surface area contributed by atoms with Gasteiger partial charge in [0.25, 0.3) is 5.91 Å². The fourth-order valence-corrected chi connectivity index (χ4v) is 4.74. The Balaban J connectivity index is 2.10. The number of nitrogens with zero attached hydrogens (tertiary/aromatic N) is 3. The first-order chi connectivity index (χ1) is 14.6. The maximum absolute atomic E-state index is 13.4. The molecule has 1 aliphatic rings. The lowest BCUT2D eigenvalue weighted by Gasteiger charge is -2.29. The molecule has 0 aromatic heterocycles. The number of amides is 1. The number of thiocarbonyl (C=S) groups is 1. The summed E-state index contributed by atoms with van der Waals surface area (Å²) in [6.07, 6.45) is 3.20. The summed E-state index contributed by atoms with van der Waals surface area (Å²) in [5.74, 6) is -0.367. The Labute approximate surface area is 200 Å². The third kappa shape index (κ3) is 6.09. The monoisotopic (exact) mass is 565 g/mol. The van der Waals surface area contributed by atoms with Gasteiger partial charge in [-0.1, -0.05) is 54.7 Å². The van der Waals surface area contributed by atoms with E-state index in [9.17, 15) is 18.0 Å². The van der Waals surface area contributed by atoms with Crippen molar-refractivity contribution >= 4 is 51.5 Å². The van der Waals surface area contributed by atoms with Gasteiger partial charge in [0, 0.05) is 6.54 Å². The smallest absolute Gasteiger partial charge is 0.334 e. The minimum absolute atomic E-state index is 0.0344. The first kappa shape index (κ1) is 25.8. The van der Waals surface area contributed by atoms with Crippen molar-refractivity contribution in [2.24, 2.45) is 0 Å². The van der Waals surface area contributed by atoms with Crippen molar-refractivity contribution in [2.75, 3.05) is 15.9 Å². The summed E-state index contributed by atoms with van der Waals surface area (Å²) < 4.78 is 41.3. The van der Waals surface area contributed by atoms with E-state index in [-0.39, 0.29) is 16.7 Å². The number of unbranched alkanes of at least 4 members (excludes halogenated alkanes) is 6. The molecule has 0 N–H and O–H groups in total. The topological polar surface area (TPSA) is 47.3 Å². The molecule has 31 heavy (non-hydrogen) atoms. The van der Waals surface area contributed by atoms with Crippen LogP contribution >= 0.6 is 34.8 Å². The standard InChI is InChI=1S/C22H27F3IN3OS/c1-21(2)19(30)29(17-11-10-16(15-27)18(14-17)22(23,24)25)20(31)28(21)13-9-7-5-3-4-6-8-12-26/h10-11,14H,3-9,12-13H2,1-2H3. The predicted octanol–water partition coefficient (Wildman–Crippen LogP) is 6.45. The second-order valence-electron chi connectivity index (χ2n) is 8.14. The van der Waals surface area contributed by atoms with E-state index in [0.29, 0.717) is 6.54 Å². The van der Waals surface area contributed by atoms with Crippen molar-refractivity contribution in [1.29, 1.82) is 5.26 Å². The zero-order chi connectivity index (χ0) is 23.2. The summed E-state index contributed by atoms with van der Waals surface area (Å²) in [6.45, 7) is 4.05. The van der Waals surface area contributed by atoms with Crippen molar-refractivity contribution in [3.05, 3.63) is 29.3 Å². The Morgan fingerprint density at radius 3 is 2.23 bits per heavy atom. The SMILES string of the molecule is CC1(C)C(=O)N(c2ccc(C#N)c(C(F)(F)F)c2)C(=S)N1CCCCCCCCCI. The molecule has 1 fully saturated rings. The number of benzene rings is 1. The highest BCUT2D eigenvalue weighted by atomic mass is 127. The van der Waals surface area contributed by atoms with E-state index in [4.69, 9.17) is 17.5 Å². The van der Waals surface area contributed by atoms with Crippen molar-refractivity contribution in [1.82, 2.24) is 4.90 Å². The number of rotatable bonds is 10. The van der Waals surface area contributed by atoms with Crippen LogP contribution in [0.25, 0.3) is 0 Å². The van der Waals surface area contributed by atoms with Gasteiger partial charge in [-0.05, 0) is 61.5 Å². The molecule has 9 heteroatoms. The van der Waals surface area contributed by atoms with Gasteiger partial charge in [-0.2, -0.15) is 18.4 Å². The molecule has 1 heterocycles. The Bertz CT molecular complexity index is 851. The van der Waals surface area contributed by atoms with Gasteiger partial charge in [0.2, 0.25) is 0 Å². The number of carbonyl (C=O) groups excluding carboxylic acids is 1. The molecule has 1 saturated heterocycles. The van der Waals surface area contributed by atoms with Gasteiger partial charge in [-0.3, -0.25) is 9.69 Å². The second kappa shape index (κ2) is 10.9. The first-order valence-corrected chi connectivity index (χ1v) is 12.3. The Hall–Kier alpha value is -1.41. The summed E-state index contributed by atoms with van der Waals surface area (Å²) in [7, 11) is 0. The number of nitriles is 1. The van der Waals surface area contributed by atoms with Crippen LogP contribution in [0.2, 0.25) is 0 Å². The van der Waals surface area contributed by atoms with Gasteiger partial charge < -0.3 is 4.90 Å². The molecule has 0 aliphatic carbocycles. The fraction of sp³-hybridized carbons (Fsp3) is 0.591. The van der Waals surface area contributed by atoms with E-state index in [0.717, 1.165) is 36.3 Å². The molecule has 4 nitrogen and oxygen atoms in total. The van der Waals surface area contributed by atoms with Crippen molar-refractivity contribution in [3.63, 3.8) is 0 Å². The third-order valence-electron chi connectivity index (χ3n) is 5.53. The highest BCUT2D eigenvalue weighted by Crippen LogP contribution is 2.37. The van der Waals surface area contributed by atoms with E-state index in [1.807, 2.05) is 0 Å². The van der Waals surface area contributed by atoms with Crippen molar-refractivity contribution < 1.29 is 18.0 Å². The molecule has 170 valence electrons. The number of halogens is 4. The van der Waals surface area contributed by atoms with Crippen LogP contribution in [0.3, 0.4) is 0 Å². The van der Waals surface area contributed by atoms with Gasteiger partial charge in [0.05, 0.1) is 22.9 Å². The number of hydrogen-bond donors (Lipinski definition) is 0. The fourth-order valence-electron chi connectivity index (χ4n) is 3.69. The lowest BCUT2D eigenvalue weighted by atomic mass is 10.0. The largest absolute Gasteiger partial charge is 0.417 e. The maximum atomic E-state index is 13.4. The van der Waals surface area contributed by atoms with Crippen LogP contribution < -0.4 is 4.90 Å². The quantitative estimate of drug-likeness (QED) is 0.142. The van der Waals surface area contributed by atoms with Crippen LogP contribution in [0.1, 0.15) is 69.9 Å². The third-order valence-corrected chi connectivity index (χ3v) is 6.69. The van der Waals surface area contributed by atoms with Crippen LogP contribution in [0.15, 0.2) is 18.2 Å². The van der Waals surface area contributed by atoms with Gasteiger partial charge in [0.15, 0.2) is 5.11 Å². The molecular formula is C22H27F3IN3OS. The van der Waals surface area contributed by atoms with Gasteiger partial charge in [0.1, 0.15) is 5.54 Å². The van der Waals surface area contributed by atoms with Crippen LogP contribution in [0, 0.1) is 11.3 Å². The van der Waals surface area contributed by atoms with Crippen molar-refractivity contribution in [2.45, 2.75) is 70.5 Å². The van der Waals surface area contributed by atoms with E-state index < -0.39 is 22.8 Å². The summed E-state index contributed by atoms with van der Waals surface area (Å²) >= 11 is 7.89. The van der Waals surface area contributed by atoms with Crippen molar-refractivity contribution in [3.8, 4) is 6.07 Å². The Kier molecular flexibility index (Phi) is 9.13. The zero-order valence-electron chi connectivity index (χ0n) is 17.8. The molecule has 0 radical (unpaired) electrons. The number of carbonyl (C=O) groups is 1. The lowest BCUT2D eigenvalue weighted by molar-refractivity contribution is -0.137. The normalized spacial score (nSPS) is 16.2. The van der Waals surface area contributed by atoms with E-state index >= 15 is 0 Å². The summed E-state index contributed by atoms with van der Waals surface area (Å²) in [6, 6.07) is 4.81. The van der Waals surface area contributed by atoms with E-state index in [1.165, 1.54) is 36.2 Å². The van der Waals surface area contributed by atoms with E-state index in [2.05, 4.69) is 22.6 Å². The van der Waals surface area contributed by atoms with Gasteiger partial charge >= 0.3 is 6.18 Å². The number of alkyl halides is 4. The molecular weight excluding hydrogens is 538 g/mol. The Morgan fingerprint density at radius 2 is 1.68 bits per heavy atom. The average Bonchev–Trinajstić information content (AvgIpc) is 2.87. The first-order valence-electron chi connectivity index (χ1n) is 10.4. The molecule has 0 atom stereocenters. The number of anilines is 1. The minimum Gasteiger partial charge on any atom is -0.334 e. The summed E-state index contributed by atoms with van der Waals surface area (Å²) in [5, 5.41) is 9.21. The molecule has 0 spiro atoms. The summed E-state index contributed by atoms with van der Waals surface area (Å²) in [5.41, 5.74) is -2.46. The number of hydrogen-bond acceptors (Lipinski definition) is 3. The highest BCUT2D eigenvalue weighted by Gasteiger charge is 2.49. The summed E-state index contributed by atoms with van der Waals surface area (Å²) in [4.78, 5) is 16.0. The molecule has 0 unspecified atom stereocenters. The molecule has 1 amide bonds. The van der Waals surface area contributed by atoms with Gasteiger partial charge in [-0.15, -0.1) is 0 Å². The van der Waals surface area contributed by atoms with Gasteiger partial charge in [-0.25, -0.2) is 0 Å². The zero-order valence-corrected chi connectivity index (χ0v) is 20.7. The second-order valence-corrected chi connectivity index (χ2v) is 9.58. The Morgan fingerprint density at radius 1 is 1.10 bits per heavy atom. The molecule has 2 rings (SSSR count). The van der Waals surface area contributed by atoms with Crippen LogP contribution in [0.5, 0.6) is 0 Å². The van der Waals surface area contributed by atoms with Crippen LogP contribution in [0.4, 0.5) is 18.9 Å². The minimum atomic E-state index is -4.70. The molecule has 1 aliphatic heterocycles. The van der Waals surface area contributed by atoms with E-state index in [1.54, 1.807) is 24.8 Å². The highest BCUT2D eigenvalue weighted by molar-refractivity contribution is 14.1. The molecule has 0 saturated carbocycles. The molecule has 0 bridgehead atoms. The van der Waals surface area contributed by atoms with Crippen LogP contribution in [-0.2, 0) is 11.0 Å². The molecule has 1 aromatic carbocycles. The maximum Gasteiger partial charge on any atom is 0.417 e. The predicted molar refractivity (Wildman–Crippen MR) is 128 cm³/mol. The molecule has 1 aromatic rings. The average molecular weight is 565 g/mol. The lowest BCUT2D eigenvalue weighted by Crippen LogP contribution is -2.44. The van der Waals surface area contributed by atoms with Crippen LogP contribution in [-0.4, -0.2) is 32.4 Å².